The fraction of sp³-hybridized carbons (Fsp3) is 0.455. The van der Waals surface area contributed by atoms with E-state index in [1.807, 2.05) is 5.38 Å². The lowest BCUT2D eigenvalue weighted by molar-refractivity contribution is -0.145. The van der Waals surface area contributed by atoms with Gasteiger partial charge in [0.25, 0.3) is 0 Å². The number of rotatable bonds is 6. The smallest absolute Gasteiger partial charge is 0.326 e. The van der Waals surface area contributed by atoms with Crippen molar-refractivity contribution in [2.75, 3.05) is 5.32 Å². The van der Waals surface area contributed by atoms with Crippen LogP contribution in [-0.2, 0) is 9.59 Å². The number of nitrogens with zero attached hydrogens (tertiary/aromatic N) is 1. The number of amides is 2. The quantitative estimate of drug-likeness (QED) is 0.622. The summed E-state index contributed by atoms with van der Waals surface area (Å²) in [6.07, 6.45) is 1.50. The molecule has 0 aliphatic heterocycles. The number of hydrogen-bond donors (Lipinski definition) is 4. The Balaban J connectivity index is 1.89. The first kappa shape index (κ1) is 14.3. The topological polar surface area (TPSA) is 129 Å². The highest BCUT2D eigenvalue weighted by Crippen LogP contribution is 2.40. The average molecular weight is 299 g/mol. The van der Waals surface area contributed by atoms with Crippen LogP contribution in [0.15, 0.2) is 5.38 Å². The zero-order chi connectivity index (χ0) is 14.7. The van der Waals surface area contributed by atoms with Crippen molar-refractivity contribution in [3.05, 3.63) is 11.1 Å². The molecule has 1 aliphatic rings. The van der Waals surface area contributed by atoms with Crippen molar-refractivity contribution in [3.8, 4) is 0 Å². The Morgan fingerprint density at radius 3 is 2.65 bits per heavy atom. The van der Waals surface area contributed by atoms with Crippen LogP contribution in [0, 0.1) is 0 Å². The first-order valence-electron chi connectivity index (χ1n) is 5.93. The van der Waals surface area contributed by atoms with Gasteiger partial charge >= 0.3 is 18.0 Å². The molecule has 1 atom stereocenters. The Bertz CT molecular complexity index is 540. The molecule has 0 aromatic carbocycles. The summed E-state index contributed by atoms with van der Waals surface area (Å²) in [7, 11) is 0. The largest absolute Gasteiger partial charge is 0.481 e. The third-order valence-electron chi connectivity index (χ3n) is 2.72. The van der Waals surface area contributed by atoms with Crippen molar-refractivity contribution < 1.29 is 24.6 Å². The number of thiazole rings is 1. The number of carbonyl (C=O) groups is 3. The minimum absolute atomic E-state index is 0.365. The molecular formula is C11H13N3O5S. The molecule has 9 heteroatoms. The van der Waals surface area contributed by atoms with Crippen molar-refractivity contribution in [1.82, 2.24) is 10.3 Å². The van der Waals surface area contributed by atoms with Crippen molar-refractivity contribution in [3.63, 3.8) is 0 Å². The standard InChI is InChI=1S/C11H13N3O5S/c15-8(16)3-6(9(17)18)12-10(19)14-11-13-7(4-20-11)5-1-2-5/h4-6H,1-3H2,(H,15,16)(H,17,18)(H2,12,13,14,19). The lowest BCUT2D eigenvalue weighted by Gasteiger charge is -2.12. The number of carboxylic acids is 2. The van der Waals surface area contributed by atoms with E-state index >= 15 is 0 Å². The summed E-state index contributed by atoms with van der Waals surface area (Å²) in [5.41, 5.74) is 0.922. The first-order valence-corrected chi connectivity index (χ1v) is 6.81. The summed E-state index contributed by atoms with van der Waals surface area (Å²) < 4.78 is 0. The van der Waals surface area contributed by atoms with Crippen LogP contribution >= 0.6 is 11.3 Å². The van der Waals surface area contributed by atoms with E-state index in [2.05, 4.69) is 15.6 Å². The number of nitrogens with one attached hydrogen (secondary N) is 2. The van der Waals surface area contributed by atoms with Gasteiger partial charge in [-0.15, -0.1) is 11.3 Å². The maximum atomic E-state index is 11.6. The van der Waals surface area contributed by atoms with E-state index in [0.717, 1.165) is 18.5 Å². The second-order valence-electron chi connectivity index (χ2n) is 4.44. The molecule has 8 nitrogen and oxygen atoms in total. The van der Waals surface area contributed by atoms with Gasteiger partial charge in [0.2, 0.25) is 0 Å². The molecule has 0 bridgehead atoms. The molecule has 1 aliphatic carbocycles. The molecular weight excluding hydrogens is 286 g/mol. The number of hydrogen-bond acceptors (Lipinski definition) is 5. The molecule has 1 unspecified atom stereocenters. The van der Waals surface area contributed by atoms with E-state index in [-0.39, 0.29) is 0 Å². The molecule has 0 saturated heterocycles. The fourth-order valence-electron chi connectivity index (χ4n) is 1.58. The summed E-state index contributed by atoms with van der Waals surface area (Å²) in [5, 5.41) is 24.1. The normalized spacial score (nSPS) is 15.4. The molecule has 4 N–H and O–H groups in total. The van der Waals surface area contributed by atoms with Crippen molar-refractivity contribution >= 4 is 34.4 Å². The second kappa shape index (κ2) is 5.87. The third-order valence-corrected chi connectivity index (χ3v) is 3.50. The lowest BCUT2D eigenvalue weighted by Crippen LogP contribution is -2.44. The van der Waals surface area contributed by atoms with E-state index in [1.54, 1.807) is 0 Å². The number of anilines is 1. The van der Waals surface area contributed by atoms with Crippen LogP contribution in [0.1, 0.15) is 30.9 Å². The zero-order valence-electron chi connectivity index (χ0n) is 10.3. The van der Waals surface area contributed by atoms with Gasteiger partial charge in [-0.3, -0.25) is 10.1 Å². The lowest BCUT2D eigenvalue weighted by atomic mass is 10.2. The highest BCUT2D eigenvalue weighted by molar-refractivity contribution is 7.13. The molecule has 1 aromatic heterocycles. The van der Waals surface area contributed by atoms with Gasteiger partial charge in [-0.1, -0.05) is 0 Å². The summed E-state index contributed by atoms with van der Waals surface area (Å²) in [6.45, 7) is 0. The molecule has 108 valence electrons. The Labute approximate surface area is 117 Å². The molecule has 20 heavy (non-hydrogen) atoms. The van der Waals surface area contributed by atoms with E-state index in [9.17, 15) is 14.4 Å². The van der Waals surface area contributed by atoms with E-state index in [1.165, 1.54) is 11.3 Å². The SMILES string of the molecule is O=C(O)CC(NC(=O)Nc1nc(C2CC2)cs1)C(=O)O. The highest BCUT2D eigenvalue weighted by atomic mass is 32.1. The number of urea groups is 1. The Morgan fingerprint density at radius 1 is 1.40 bits per heavy atom. The summed E-state index contributed by atoms with van der Waals surface area (Å²) in [6, 6.07) is -2.26. The maximum Gasteiger partial charge on any atom is 0.326 e. The Hall–Kier alpha value is -2.16. The predicted molar refractivity (Wildman–Crippen MR) is 69.9 cm³/mol. The van der Waals surface area contributed by atoms with Crippen LogP contribution in [0.4, 0.5) is 9.93 Å². The first-order chi connectivity index (χ1) is 9.45. The molecule has 0 spiro atoms. The summed E-state index contributed by atoms with van der Waals surface area (Å²) in [4.78, 5) is 37.1. The molecule has 0 radical (unpaired) electrons. The number of carbonyl (C=O) groups excluding carboxylic acids is 1. The number of carboxylic acid groups (broad SMARTS) is 2. The third kappa shape index (κ3) is 3.92. The van der Waals surface area contributed by atoms with E-state index < -0.39 is 30.4 Å². The number of aliphatic carboxylic acids is 2. The highest BCUT2D eigenvalue weighted by Gasteiger charge is 2.27. The van der Waals surface area contributed by atoms with Gasteiger partial charge in [-0.2, -0.15) is 0 Å². The molecule has 1 aromatic rings. The van der Waals surface area contributed by atoms with Crippen LogP contribution in [-0.4, -0.2) is 39.2 Å². The molecule has 2 rings (SSSR count). The van der Waals surface area contributed by atoms with Gasteiger partial charge in [-0.25, -0.2) is 14.6 Å². The maximum absolute atomic E-state index is 11.6. The van der Waals surface area contributed by atoms with E-state index in [4.69, 9.17) is 10.2 Å². The zero-order valence-corrected chi connectivity index (χ0v) is 11.1. The Morgan fingerprint density at radius 2 is 2.10 bits per heavy atom. The van der Waals surface area contributed by atoms with Gasteiger partial charge in [0.1, 0.15) is 6.04 Å². The van der Waals surface area contributed by atoms with E-state index in [0.29, 0.717) is 11.0 Å². The second-order valence-corrected chi connectivity index (χ2v) is 5.30. The van der Waals surface area contributed by atoms with Gasteiger partial charge in [-0.05, 0) is 12.8 Å². The fourth-order valence-corrected chi connectivity index (χ4v) is 2.36. The summed E-state index contributed by atoms with van der Waals surface area (Å²) in [5.74, 6) is -2.24. The minimum Gasteiger partial charge on any atom is -0.481 e. The van der Waals surface area contributed by atoms with Crippen LogP contribution < -0.4 is 10.6 Å². The van der Waals surface area contributed by atoms with Crippen LogP contribution in [0.25, 0.3) is 0 Å². The summed E-state index contributed by atoms with van der Waals surface area (Å²) >= 11 is 1.25. The van der Waals surface area contributed by atoms with Crippen LogP contribution in [0.5, 0.6) is 0 Å². The molecule has 2 amide bonds. The van der Waals surface area contributed by atoms with Crippen molar-refractivity contribution in [1.29, 1.82) is 0 Å². The van der Waals surface area contributed by atoms with Gasteiger partial charge in [0, 0.05) is 11.3 Å². The van der Waals surface area contributed by atoms with Crippen LogP contribution in [0.2, 0.25) is 0 Å². The van der Waals surface area contributed by atoms with Gasteiger partial charge in [0.05, 0.1) is 12.1 Å². The molecule has 1 fully saturated rings. The predicted octanol–water partition coefficient (Wildman–Crippen LogP) is 1.07. The number of aromatic nitrogens is 1. The van der Waals surface area contributed by atoms with Crippen molar-refractivity contribution in [2.24, 2.45) is 0 Å². The monoisotopic (exact) mass is 299 g/mol. The molecule has 1 heterocycles. The van der Waals surface area contributed by atoms with Crippen LogP contribution in [0.3, 0.4) is 0 Å². The van der Waals surface area contributed by atoms with Gasteiger partial charge < -0.3 is 15.5 Å². The Kier molecular flexibility index (Phi) is 4.18. The average Bonchev–Trinajstić information content (AvgIpc) is 3.09. The van der Waals surface area contributed by atoms with Crippen molar-refractivity contribution in [2.45, 2.75) is 31.2 Å². The molecule has 1 saturated carbocycles. The van der Waals surface area contributed by atoms with Gasteiger partial charge in [0.15, 0.2) is 5.13 Å². The minimum atomic E-state index is -1.48.